The van der Waals surface area contributed by atoms with E-state index in [-0.39, 0.29) is 6.10 Å². The van der Waals surface area contributed by atoms with E-state index in [0.29, 0.717) is 5.25 Å². The van der Waals surface area contributed by atoms with E-state index >= 15 is 0 Å². The van der Waals surface area contributed by atoms with E-state index in [1.807, 2.05) is 0 Å². The van der Waals surface area contributed by atoms with Gasteiger partial charge in [-0.3, -0.25) is 0 Å². The Balaban J connectivity index is 3.27. The summed E-state index contributed by atoms with van der Waals surface area (Å²) in [6.45, 7) is 4.18. The molecule has 0 rings (SSSR count). The van der Waals surface area contributed by atoms with Crippen LogP contribution in [-0.4, -0.2) is 16.5 Å². The summed E-state index contributed by atoms with van der Waals surface area (Å²) in [6, 6.07) is 0. The van der Waals surface area contributed by atoms with Crippen molar-refractivity contribution in [3.8, 4) is 0 Å². The quantitative estimate of drug-likeness (QED) is 0.594. The first kappa shape index (κ1) is 10.3. The second-order valence-corrected chi connectivity index (χ2v) is 3.47. The topological polar surface area (TPSA) is 20.2 Å². The van der Waals surface area contributed by atoms with Gasteiger partial charge in [-0.2, -0.15) is 12.6 Å². The van der Waals surface area contributed by atoms with Crippen LogP contribution in [0.2, 0.25) is 0 Å². The lowest BCUT2D eigenvalue weighted by molar-refractivity contribution is 0.153. The SMILES string of the molecule is CCCC(O)CC(S)CC. The van der Waals surface area contributed by atoms with Crippen LogP contribution in [0.15, 0.2) is 0 Å². The molecule has 0 aromatic heterocycles. The summed E-state index contributed by atoms with van der Waals surface area (Å²) in [6.07, 6.45) is 3.73. The summed E-state index contributed by atoms with van der Waals surface area (Å²) >= 11 is 4.30. The highest BCUT2D eigenvalue weighted by molar-refractivity contribution is 7.80. The molecule has 0 saturated carbocycles. The van der Waals surface area contributed by atoms with Gasteiger partial charge in [0.2, 0.25) is 0 Å². The lowest BCUT2D eigenvalue weighted by Crippen LogP contribution is -2.12. The van der Waals surface area contributed by atoms with Crippen LogP contribution < -0.4 is 0 Å². The molecule has 2 atom stereocenters. The van der Waals surface area contributed by atoms with Crippen molar-refractivity contribution < 1.29 is 5.11 Å². The van der Waals surface area contributed by atoms with Gasteiger partial charge in [0.05, 0.1) is 6.10 Å². The second kappa shape index (κ2) is 6.05. The molecule has 0 aromatic carbocycles. The van der Waals surface area contributed by atoms with Gasteiger partial charge in [-0.1, -0.05) is 20.3 Å². The van der Waals surface area contributed by atoms with E-state index in [9.17, 15) is 5.11 Å². The number of aliphatic hydroxyl groups excluding tert-OH is 1. The van der Waals surface area contributed by atoms with Crippen LogP contribution in [0, 0.1) is 0 Å². The van der Waals surface area contributed by atoms with E-state index in [2.05, 4.69) is 26.5 Å². The molecule has 2 unspecified atom stereocenters. The van der Waals surface area contributed by atoms with Gasteiger partial charge in [-0.05, 0) is 19.3 Å². The minimum Gasteiger partial charge on any atom is -0.393 e. The van der Waals surface area contributed by atoms with Crippen LogP contribution in [0.4, 0.5) is 0 Å². The van der Waals surface area contributed by atoms with E-state index in [1.54, 1.807) is 0 Å². The third-order valence-electron chi connectivity index (χ3n) is 1.64. The molecule has 0 heterocycles. The van der Waals surface area contributed by atoms with Crippen LogP contribution in [0.5, 0.6) is 0 Å². The fourth-order valence-corrected chi connectivity index (χ4v) is 1.18. The van der Waals surface area contributed by atoms with Crippen LogP contribution >= 0.6 is 12.6 Å². The Bertz CT molecular complexity index is 75.7. The van der Waals surface area contributed by atoms with E-state index in [1.165, 1.54) is 0 Å². The van der Waals surface area contributed by atoms with Crippen molar-refractivity contribution >= 4 is 12.6 Å². The molecule has 0 aliphatic rings. The van der Waals surface area contributed by atoms with E-state index in [4.69, 9.17) is 0 Å². The van der Waals surface area contributed by atoms with Gasteiger partial charge in [0.1, 0.15) is 0 Å². The number of rotatable bonds is 5. The van der Waals surface area contributed by atoms with Gasteiger partial charge in [0.25, 0.3) is 0 Å². The van der Waals surface area contributed by atoms with Gasteiger partial charge in [0.15, 0.2) is 0 Å². The van der Waals surface area contributed by atoms with Gasteiger partial charge in [-0.15, -0.1) is 0 Å². The average molecular weight is 162 g/mol. The zero-order chi connectivity index (χ0) is 7.98. The van der Waals surface area contributed by atoms with Crippen molar-refractivity contribution in [2.45, 2.75) is 50.9 Å². The third-order valence-corrected chi connectivity index (χ3v) is 2.21. The van der Waals surface area contributed by atoms with Crippen molar-refractivity contribution in [1.82, 2.24) is 0 Å². The standard InChI is InChI=1S/C8H18OS/c1-3-5-7(9)6-8(10)4-2/h7-10H,3-6H2,1-2H3. The van der Waals surface area contributed by atoms with Crippen LogP contribution in [0.1, 0.15) is 39.5 Å². The molecule has 0 radical (unpaired) electrons. The Morgan fingerprint density at radius 1 is 1.40 bits per heavy atom. The van der Waals surface area contributed by atoms with Gasteiger partial charge < -0.3 is 5.11 Å². The molecule has 0 saturated heterocycles. The first-order valence-electron chi connectivity index (χ1n) is 4.06. The summed E-state index contributed by atoms with van der Waals surface area (Å²) in [5.41, 5.74) is 0. The fourth-order valence-electron chi connectivity index (χ4n) is 0.932. The van der Waals surface area contributed by atoms with Crippen LogP contribution in [0.3, 0.4) is 0 Å². The number of hydrogen-bond acceptors (Lipinski definition) is 2. The van der Waals surface area contributed by atoms with Crippen molar-refractivity contribution in [3.63, 3.8) is 0 Å². The molecule has 0 amide bonds. The van der Waals surface area contributed by atoms with Crippen molar-refractivity contribution in [2.75, 3.05) is 0 Å². The Morgan fingerprint density at radius 2 is 2.00 bits per heavy atom. The zero-order valence-electron chi connectivity index (χ0n) is 6.88. The van der Waals surface area contributed by atoms with E-state index < -0.39 is 0 Å². The Hall–Kier alpha value is 0.310. The number of hydrogen-bond donors (Lipinski definition) is 2. The molecular weight excluding hydrogens is 144 g/mol. The highest BCUT2D eigenvalue weighted by atomic mass is 32.1. The molecule has 1 nitrogen and oxygen atoms in total. The summed E-state index contributed by atoms with van der Waals surface area (Å²) in [5.74, 6) is 0. The van der Waals surface area contributed by atoms with Gasteiger partial charge in [-0.25, -0.2) is 0 Å². The summed E-state index contributed by atoms with van der Waals surface area (Å²) in [5, 5.41) is 9.68. The third kappa shape index (κ3) is 5.12. The maximum absolute atomic E-state index is 9.30. The molecular formula is C8H18OS. The lowest BCUT2D eigenvalue weighted by atomic mass is 10.1. The molecule has 10 heavy (non-hydrogen) atoms. The molecule has 0 aliphatic heterocycles. The maximum Gasteiger partial charge on any atom is 0.0550 e. The smallest absolute Gasteiger partial charge is 0.0550 e. The number of aliphatic hydroxyl groups is 1. The molecule has 1 N–H and O–H groups in total. The first-order chi connectivity index (χ1) is 4.70. The normalized spacial score (nSPS) is 16.8. The van der Waals surface area contributed by atoms with Crippen LogP contribution in [0.25, 0.3) is 0 Å². The molecule has 0 fully saturated rings. The Morgan fingerprint density at radius 3 is 2.40 bits per heavy atom. The molecule has 0 bridgehead atoms. The summed E-state index contributed by atoms with van der Waals surface area (Å²) < 4.78 is 0. The van der Waals surface area contributed by atoms with Gasteiger partial charge in [0, 0.05) is 5.25 Å². The summed E-state index contributed by atoms with van der Waals surface area (Å²) in [4.78, 5) is 0. The first-order valence-corrected chi connectivity index (χ1v) is 4.58. The van der Waals surface area contributed by atoms with Crippen molar-refractivity contribution in [2.24, 2.45) is 0 Å². The highest BCUT2D eigenvalue weighted by Gasteiger charge is 2.07. The monoisotopic (exact) mass is 162 g/mol. The predicted molar refractivity (Wildman–Crippen MR) is 48.6 cm³/mol. The maximum atomic E-state index is 9.30. The minimum atomic E-state index is -0.132. The van der Waals surface area contributed by atoms with Crippen molar-refractivity contribution in [3.05, 3.63) is 0 Å². The highest BCUT2D eigenvalue weighted by Crippen LogP contribution is 2.11. The summed E-state index contributed by atoms with van der Waals surface area (Å²) in [7, 11) is 0. The Labute approximate surface area is 69.2 Å². The average Bonchev–Trinajstić information content (AvgIpc) is 1.88. The largest absolute Gasteiger partial charge is 0.393 e. The van der Waals surface area contributed by atoms with Crippen molar-refractivity contribution in [1.29, 1.82) is 0 Å². The lowest BCUT2D eigenvalue weighted by Gasteiger charge is -2.12. The van der Waals surface area contributed by atoms with E-state index in [0.717, 1.165) is 25.7 Å². The van der Waals surface area contributed by atoms with Gasteiger partial charge >= 0.3 is 0 Å². The number of thiol groups is 1. The second-order valence-electron chi connectivity index (χ2n) is 2.74. The molecule has 2 heteroatoms. The Kier molecular flexibility index (Phi) is 6.24. The fraction of sp³-hybridized carbons (Fsp3) is 1.00. The zero-order valence-corrected chi connectivity index (χ0v) is 7.77. The molecule has 0 spiro atoms. The molecule has 62 valence electrons. The molecule has 0 aromatic rings. The minimum absolute atomic E-state index is 0.132. The van der Waals surface area contributed by atoms with Crippen LogP contribution in [-0.2, 0) is 0 Å². The molecule has 0 aliphatic carbocycles. The predicted octanol–water partition coefficient (Wildman–Crippen LogP) is 2.25.